The first-order valence-corrected chi connectivity index (χ1v) is 7.14. The van der Waals surface area contributed by atoms with Crippen LogP contribution in [0.4, 0.5) is 0 Å². The molecule has 0 spiro atoms. The van der Waals surface area contributed by atoms with Gasteiger partial charge in [-0.3, -0.25) is 9.59 Å². The van der Waals surface area contributed by atoms with E-state index in [9.17, 15) is 9.59 Å². The zero-order chi connectivity index (χ0) is 13.0. The summed E-state index contributed by atoms with van der Waals surface area (Å²) in [7, 11) is 0. The Morgan fingerprint density at radius 2 is 1.72 bits per heavy atom. The standard InChI is InChI=1S/C14H23NO3/c16-13(10-12-2-1-3-12)15-8-6-11(7-9-15)4-5-14(17)18/h11-12H,1-10H2,(H,17,18). The Balaban J connectivity index is 1.65. The number of carbonyl (C=O) groups is 2. The predicted molar refractivity (Wildman–Crippen MR) is 68.1 cm³/mol. The van der Waals surface area contributed by atoms with E-state index >= 15 is 0 Å². The molecule has 0 aromatic heterocycles. The molecule has 0 unspecified atom stereocenters. The van der Waals surface area contributed by atoms with E-state index in [0.29, 0.717) is 17.7 Å². The molecule has 4 nitrogen and oxygen atoms in total. The zero-order valence-electron chi connectivity index (χ0n) is 10.9. The number of hydrogen-bond acceptors (Lipinski definition) is 2. The van der Waals surface area contributed by atoms with Crippen molar-refractivity contribution < 1.29 is 14.7 Å². The average molecular weight is 253 g/mol. The fraction of sp³-hybridized carbons (Fsp3) is 0.857. The lowest BCUT2D eigenvalue weighted by Gasteiger charge is -2.34. The summed E-state index contributed by atoms with van der Waals surface area (Å²) in [6, 6.07) is 0. The molecule has 0 aromatic carbocycles. The normalized spacial score (nSPS) is 21.7. The summed E-state index contributed by atoms with van der Waals surface area (Å²) in [6.45, 7) is 1.66. The first kappa shape index (κ1) is 13.4. The highest BCUT2D eigenvalue weighted by molar-refractivity contribution is 5.76. The van der Waals surface area contributed by atoms with Crippen LogP contribution in [0.2, 0.25) is 0 Å². The SMILES string of the molecule is O=C(O)CCC1CCN(C(=O)CC2CCC2)CC1. The Morgan fingerprint density at radius 3 is 2.22 bits per heavy atom. The summed E-state index contributed by atoms with van der Waals surface area (Å²) < 4.78 is 0. The van der Waals surface area contributed by atoms with E-state index in [2.05, 4.69) is 0 Å². The van der Waals surface area contributed by atoms with Crippen molar-refractivity contribution in [3.05, 3.63) is 0 Å². The summed E-state index contributed by atoms with van der Waals surface area (Å²) in [5.74, 6) is 0.742. The molecule has 1 amide bonds. The Labute approximate surface area is 108 Å². The van der Waals surface area contributed by atoms with Crippen LogP contribution in [-0.2, 0) is 9.59 Å². The molecule has 18 heavy (non-hydrogen) atoms. The molecule has 0 aromatic rings. The van der Waals surface area contributed by atoms with E-state index in [1.807, 2.05) is 4.90 Å². The van der Waals surface area contributed by atoms with Crippen LogP contribution >= 0.6 is 0 Å². The monoisotopic (exact) mass is 253 g/mol. The van der Waals surface area contributed by atoms with Crippen LogP contribution in [0, 0.1) is 11.8 Å². The second-order valence-corrected chi connectivity index (χ2v) is 5.76. The molecule has 1 N–H and O–H groups in total. The van der Waals surface area contributed by atoms with Crippen LogP contribution < -0.4 is 0 Å². The maximum absolute atomic E-state index is 12.0. The minimum Gasteiger partial charge on any atom is -0.481 e. The van der Waals surface area contributed by atoms with Crippen LogP contribution in [0.3, 0.4) is 0 Å². The van der Waals surface area contributed by atoms with Gasteiger partial charge in [-0.1, -0.05) is 6.42 Å². The van der Waals surface area contributed by atoms with Crippen LogP contribution in [0.25, 0.3) is 0 Å². The number of hydrogen-bond donors (Lipinski definition) is 1. The van der Waals surface area contributed by atoms with E-state index in [4.69, 9.17) is 5.11 Å². The average Bonchev–Trinajstić information content (AvgIpc) is 2.31. The molecule has 102 valence electrons. The van der Waals surface area contributed by atoms with Gasteiger partial charge >= 0.3 is 5.97 Å². The topological polar surface area (TPSA) is 57.6 Å². The Hall–Kier alpha value is -1.06. The molecule has 4 heteroatoms. The van der Waals surface area contributed by atoms with Crippen LogP contribution in [0.5, 0.6) is 0 Å². The third-order valence-corrected chi connectivity index (χ3v) is 4.42. The van der Waals surface area contributed by atoms with Crippen molar-refractivity contribution in [3.8, 4) is 0 Å². The van der Waals surface area contributed by atoms with Crippen LogP contribution in [0.1, 0.15) is 51.4 Å². The molecule has 2 rings (SSSR count). The van der Waals surface area contributed by atoms with E-state index in [1.165, 1.54) is 19.3 Å². The Morgan fingerprint density at radius 1 is 1.06 bits per heavy atom. The van der Waals surface area contributed by atoms with Crippen molar-refractivity contribution in [2.45, 2.75) is 51.4 Å². The number of amides is 1. The second kappa shape index (κ2) is 6.21. The molecular formula is C14H23NO3. The van der Waals surface area contributed by atoms with Crippen molar-refractivity contribution >= 4 is 11.9 Å². The van der Waals surface area contributed by atoms with Gasteiger partial charge in [0.05, 0.1) is 0 Å². The fourth-order valence-electron chi connectivity index (χ4n) is 2.87. The van der Waals surface area contributed by atoms with Crippen molar-refractivity contribution in [2.24, 2.45) is 11.8 Å². The van der Waals surface area contributed by atoms with Crippen LogP contribution in [0.15, 0.2) is 0 Å². The van der Waals surface area contributed by atoms with Crippen molar-refractivity contribution in [1.29, 1.82) is 0 Å². The van der Waals surface area contributed by atoms with E-state index < -0.39 is 5.97 Å². The highest BCUT2D eigenvalue weighted by atomic mass is 16.4. The number of rotatable bonds is 5. The van der Waals surface area contributed by atoms with Gasteiger partial charge in [-0.05, 0) is 43.9 Å². The first-order chi connectivity index (χ1) is 8.65. The largest absolute Gasteiger partial charge is 0.481 e. The summed E-state index contributed by atoms with van der Waals surface area (Å²) in [4.78, 5) is 24.5. The third-order valence-electron chi connectivity index (χ3n) is 4.42. The molecule has 0 atom stereocenters. The fourth-order valence-corrected chi connectivity index (χ4v) is 2.87. The lowest BCUT2D eigenvalue weighted by atomic mass is 9.82. The molecule has 0 bridgehead atoms. The minimum atomic E-state index is -0.710. The predicted octanol–water partition coefficient (Wildman–Crippen LogP) is 2.28. The third kappa shape index (κ3) is 3.72. The number of aliphatic carboxylic acids is 1. The maximum Gasteiger partial charge on any atom is 0.303 e. The molecule has 1 saturated heterocycles. The van der Waals surface area contributed by atoms with Gasteiger partial charge in [-0.2, -0.15) is 0 Å². The number of likely N-dealkylation sites (tertiary alicyclic amines) is 1. The lowest BCUT2D eigenvalue weighted by molar-refractivity contribution is -0.138. The molecule has 1 aliphatic heterocycles. The van der Waals surface area contributed by atoms with Gasteiger partial charge in [-0.25, -0.2) is 0 Å². The molecule has 2 aliphatic rings. The Kier molecular flexibility index (Phi) is 4.61. The van der Waals surface area contributed by atoms with Gasteiger partial charge in [0.25, 0.3) is 0 Å². The van der Waals surface area contributed by atoms with Gasteiger partial charge in [0.1, 0.15) is 0 Å². The van der Waals surface area contributed by atoms with Gasteiger partial charge < -0.3 is 10.0 Å². The summed E-state index contributed by atoms with van der Waals surface area (Å²) in [6.07, 6.45) is 7.45. The smallest absolute Gasteiger partial charge is 0.303 e. The number of carbonyl (C=O) groups excluding carboxylic acids is 1. The van der Waals surface area contributed by atoms with Gasteiger partial charge in [0.2, 0.25) is 5.91 Å². The van der Waals surface area contributed by atoms with Crippen LogP contribution in [-0.4, -0.2) is 35.0 Å². The summed E-state index contributed by atoms with van der Waals surface area (Å²) in [5, 5.41) is 8.65. The lowest BCUT2D eigenvalue weighted by Crippen LogP contribution is -2.39. The molecule has 2 fully saturated rings. The van der Waals surface area contributed by atoms with Crippen molar-refractivity contribution in [1.82, 2.24) is 4.90 Å². The van der Waals surface area contributed by atoms with Gasteiger partial charge in [-0.15, -0.1) is 0 Å². The number of carboxylic acids is 1. The second-order valence-electron chi connectivity index (χ2n) is 5.76. The number of nitrogens with zero attached hydrogens (tertiary/aromatic N) is 1. The first-order valence-electron chi connectivity index (χ1n) is 7.14. The van der Waals surface area contributed by atoms with Gasteiger partial charge in [0.15, 0.2) is 0 Å². The van der Waals surface area contributed by atoms with Gasteiger partial charge in [0, 0.05) is 25.9 Å². The highest BCUT2D eigenvalue weighted by Gasteiger charge is 2.26. The van der Waals surface area contributed by atoms with Crippen molar-refractivity contribution in [2.75, 3.05) is 13.1 Å². The minimum absolute atomic E-state index is 0.265. The van der Waals surface area contributed by atoms with E-state index in [-0.39, 0.29) is 6.42 Å². The number of piperidine rings is 1. The summed E-state index contributed by atoms with van der Waals surface area (Å²) in [5.41, 5.74) is 0. The number of carboxylic acid groups (broad SMARTS) is 1. The Bertz CT molecular complexity index is 304. The molecule has 1 heterocycles. The quantitative estimate of drug-likeness (QED) is 0.817. The van der Waals surface area contributed by atoms with E-state index in [1.54, 1.807) is 0 Å². The molecule has 1 saturated carbocycles. The molecule has 1 aliphatic carbocycles. The van der Waals surface area contributed by atoms with E-state index in [0.717, 1.165) is 38.8 Å². The zero-order valence-corrected chi connectivity index (χ0v) is 10.9. The highest BCUT2D eigenvalue weighted by Crippen LogP contribution is 2.31. The summed E-state index contributed by atoms with van der Waals surface area (Å²) >= 11 is 0. The molecule has 0 radical (unpaired) electrons. The molecular weight excluding hydrogens is 230 g/mol. The van der Waals surface area contributed by atoms with Crippen molar-refractivity contribution in [3.63, 3.8) is 0 Å². The maximum atomic E-state index is 12.0.